The molecule has 7 heteroatoms. The largest absolute Gasteiger partial charge is 0.493 e. The molecule has 0 atom stereocenters. The maximum atomic E-state index is 12.5. The van der Waals surface area contributed by atoms with E-state index in [1.54, 1.807) is 24.3 Å². The molecule has 0 radical (unpaired) electrons. The molecule has 6 nitrogen and oxygen atoms in total. The highest BCUT2D eigenvalue weighted by Crippen LogP contribution is 2.18. The molecule has 0 spiro atoms. The minimum atomic E-state index is -0.315. The van der Waals surface area contributed by atoms with E-state index in [9.17, 15) is 4.79 Å². The zero-order valence-corrected chi connectivity index (χ0v) is 17.9. The lowest BCUT2D eigenvalue weighted by Gasteiger charge is -2.13. The Morgan fingerprint density at radius 1 is 1.03 bits per heavy atom. The molecule has 2 N–H and O–H groups in total. The number of carbonyl (C=O) groups excluding carboxylic acids is 1. The highest BCUT2D eigenvalue weighted by molar-refractivity contribution is 7.80. The first kappa shape index (κ1) is 22.6. The Morgan fingerprint density at radius 2 is 1.76 bits per heavy atom. The second-order valence-corrected chi connectivity index (χ2v) is 7.12. The van der Waals surface area contributed by atoms with Gasteiger partial charge in [-0.2, -0.15) is 0 Å². The highest BCUT2D eigenvalue weighted by Gasteiger charge is 2.10. The molecule has 0 unspecified atom stereocenters. The first-order valence-corrected chi connectivity index (χ1v) is 10.0. The Balaban J connectivity index is 1.89. The molecule has 2 aromatic rings. The smallest absolute Gasteiger partial charge is 0.257 e. The summed E-state index contributed by atoms with van der Waals surface area (Å²) in [6.07, 6.45) is 0. The summed E-state index contributed by atoms with van der Waals surface area (Å²) in [5, 5.41) is 5.89. The average molecular weight is 417 g/mol. The van der Waals surface area contributed by atoms with E-state index < -0.39 is 0 Å². The summed E-state index contributed by atoms with van der Waals surface area (Å²) in [7, 11) is 0. The zero-order chi connectivity index (χ0) is 21.1. The fourth-order valence-corrected chi connectivity index (χ4v) is 2.56. The van der Waals surface area contributed by atoms with E-state index in [1.165, 1.54) is 0 Å². The first-order chi connectivity index (χ1) is 14.0. The third-order valence-electron chi connectivity index (χ3n) is 3.70. The van der Waals surface area contributed by atoms with E-state index in [0.717, 1.165) is 11.4 Å². The van der Waals surface area contributed by atoms with E-state index >= 15 is 0 Å². The monoisotopic (exact) mass is 416 g/mol. The van der Waals surface area contributed by atoms with Gasteiger partial charge in [-0.1, -0.05) is 26.0 Å². The number of thiocarbonyl (C=S) groups is 1. The number of hydrogen-bond acceptors (Lipinski definition) is 5. The third kappa shape index (κ3) is 8.50. The van der Waals surface area contributed by atoms with Gasteiger partial charge in [0, 0.05) is 23.9 Å². The molecule has 0 bridgehead atoms. The molecule has 0 aliphatic rings. The van der Waals surface area contributed by atoms with Gasteiger partial charge in [-0.15, -0.1) is 0 Å². The number of hydrogen-bond donors (Lipinski definition) is 2. The predicted molar refractivity (Wildman–Crippen MR) is 119 cm³/mol. The van der Waals surface area contributed by atoms with Crippen LogP contribution in [0.3, 0.4) is 0 Å². The van der Waals surface area contributed by atoms with Crippen LogP contribution in [0.5, 0.6) is 11.5 Å². The van der Waals surface area contributed by atoms with Crippen molar-refractivity contribution in [1.29, 1.82) is 0 Å². The van der Waals surface area contributed by atoms with Crippen LogP contribution in [0.25, 0.3) is 0 Å². The van der Waals surface area contributed by atoms with Gasteiger partial charge in [0.05, 0.1) is 13.2 Å². The van der Waals surface area contributed by atoms with Gasteiger partial charge in [-0.25, -0.2) is 0 Å². The van der Waals surface area contributed by atoms with Crippen molar-refractivity contribution in [3.63, 3.8) is 0 Å². The lowest BCUT2D eigenvalue weighted by atomic mass is 10.2. The standard InChI is InChI=1S/C22H28N2O4S/c1-4-26-11-12-27-19-9-5-7-17(13-19)21(25)24-22(29)23-18-8-6-10-20(14-18)28-15-16(2)3/h5-10,13-14,16H,4,11-12,15H2,1-3H3,(H2,23,24,25,29). The minimum absolute atomic E-state index is 0.207. The Hall–Kier alpha value is -2.64. The zero-order valence-electron chi connectivity index (χ0n) is 17.1. The van der Waals surface area contributed by atoms with Gasteiger partial charge in [-0.3, -0.25) is 10.1 Å². The van der Waals surface area contributed by atoms with Gasteiger partial charge in [0.25, 0.3) is 5.91 Å². The van der Waals surface area contributed by atoms with Gasteiger partial charge in [0.2, 0.25) is 0 Å². The summed E-state index contributed by atoms with van der Waals surface area (Å²) < 4.78 is 16.5. The highest BCUT2D eigenvalue weighted by atomic mass is 32.1. The average Bonchev–Trinajstić information content (AvgIpc) is 2.70. The van der Waals surface area contributed by atoms with E-state index in [0.29, 0.717) is 43.7 Å². The number of ether oxygens (including phenoxy) is 3. The summed E-state index contributed by atoms with van der Waals surface area (Å²) >= 11 is 5.26. The fourth-order valence-electron chi connectivity index (χ4n) is 2.35. The number of anilines is 1. The lowest BCUT2D eigenvalue weighted by molar-refractivity contribution is 0.0976. The Labute approximate surface area is 177 Å². The predicted octanol–water partition coefficient (Wildman–Crippen LogP) is 4.26. The molecular formula is C22H28N2O4S. The van der Waals surface area contributed by atoms with Gasteiger partial charge in [0.1, 0.15) is 18.1 Å². The molecule has 0 aliphatic carbocycles. The molecule has 156 valence electrons. The van der Waals surface area contributed by atoms with Crippen LogP contribution < -0.4 is 20.1 Å². The maximum absolute atomic E-state index is 12.5. The molecule has 1 amide bonds. The van der Waals surface area contributed by atoms with Crippen LogP contribution >= 0.6 is 12.2 Å². The number of rotatable bonds is 10. The topological polar surface area (TPSA) is 68.8 Å². The van der Waals surface area contributed by atoms with E-state index in [2.05, 4.69) is 24.5 Å². The second-order valence-electron chi connectivity index (χ2n) is 6.71. The van der Waals surface area contributed by atoms with E-state index in [-0.39, 0.29) is 11.0 Å². The molecular weight excluding hydrogens is 388 g/mol. The Morgan fingerprint density at radius 3 is 2.48 bits per heavy atom. The molecule has 0 saturated carbocycles. The SMILES string of the molecule is CCOCCOc1cccc(C(=O)NC(=S)Nc2cccc(OCC(C)C)c2)c1. The number of amides is 1. The van der Waals surface area contributed by atoms with Crippen molar-refractivity contribution in [2.75, 3.05) is 31.7 Å². The molecule has 0 fully saturated rings. The molecule has 0 saturated heterocycles. The van der Waals surface area contributed by atoms with Crippen LogP contribution in [0.4, 0.5) is 5.69 Å². The molecule has 29 heavy (non-hydrogen) atoms. The van der Waals surface area contributed by atoms with Crippen LogP contribution in [0.1, 0.15) is 31.1 Å². The molecule has 0 aromatic heterocycles. The Kier molecular flexibility index (Phi) is 9.40. The number of carbonyl (C=O) groups is 1. The van der Waals surface area contributed by atoms with Gasteiger partial charge >= 0.3 is 0 Å². The van der Waals surface area contributed by atoms with Crippen LogP contribution in [0.15, 0.2) is 48.5 Å². The van der Waals surface area contributed by atoms with Gasteiger partial charge in [0.15, 0.2) is 5.11 Å². The quantitative estimate of drug-likeness (QED) is 0.445. The summed E-state index contributed by atoms with van der Waals surface area (Å²) in [6.45, 7) is 8.31. The van der Waals surface area contributed by atoms with Crippen molar-refractivity contribution >= 4 is 28.9 Å². The normalized spacial score (nSPS) is 10.5. The van der Waals surface area contributed by atoms with Crippen molar-refractivity contribution in [2.24, 2.45) is 5.92 Å². The summed E-state index contributed by atoms with van der Waals surface area (Å²) in [6, 6.07) is 14.4. The van der Waals surface area contributed by atoms with Crippen molar-refractivity contribution in [1.82, 2.24) is 5.32 Å². The molecule has 0 heterocycles. The molecule has 2 rings (SSSR count). The van der Waals surface area contributed by atoms with Crippen LogP contribution in [-0.2, 0) is 4.74 Å². The first-order valence-electron chi connectivity index (χ1n) is 9.63. The van der Waals surface area contributed by atoms with E-state index in [4.69, 9.17) is 26.4 Å². The summed E-state index contributed by atoms with van der Waals surface area (Å²) in [5.74, 6) is 1.47. The van der Waals surface area contributed by atoms with Gasteiger partial charge in [-0.05, 0) is 55.4 Å². The Bertz CT molecular complexity index is 811. The fraction of sp³-hybridized carbons (Fsp3) is 0.364. The van der Waals surface area contributed by atoms with Crippen LogP contribution in [-0.4, -0.2) is 37.4 Å². The van der Waals surface area contributed by atoms with Crippen molar-refractivity contribution < 1.29 is 19.0 Å². The van der Waals surface area contributed by atoms with Crippen LogP contribution in [0, 0.1) is 5.92 Å². The second kappa shape index (κ2) is 12.0. The summed E-state index contributed by atoms with van der Waals surface area (Å²) in [4.78, 5) is 12.5. The van der Waals surface area contributed by atoms with Gasteiger partial charge < -0.3 is 19.5 Å². The van der Waals surface area contributed by atoms with E-state index in [1.807, 2.05) is 31.2 Å². The van der Waals surface area contributed by atoms with Crippen molar-refractivity contribution in [2.45, 2.75) is 20.8 Å². The number of nitrogens with one attached hydrogen (secondary N) is 2. The summed E-state index contributed by atoms with van der Waals surface area (Å²) in [5.41, 5.74) is 1.20. The number of benzene rings is 2. The molecule has 2 aromatic carbocycles. The van der Waals surface area contributed by atoms with Crippen molar-refractivity contribution in [3.05, 3.63) is 54.1 Å². The van der Waals surface area contributed by atoms with Crippen molar-refractivity contribution in [3.8, 4) is 11.5 Å². The van der Waals surface area contributed by atoms with Crippen LogP contribution in [0.2, 0.25) is 0 Å². The molecule has 0 aliphatic heterocycles. The lowest BCUT2D eigenvalue weighted by Crippen LogP contribution is -2.34. The third-order valence-corrected chi connectivity index (χ3v) is 3.90. The maximum Gasteiger partial charge on any atom is 0.257 e. The minimum Gasteiger partial charge on any atom is -0.493 e.